The van der Waals surface area contributed by atoms with Gasteiger partial charge in [0.15, 0.2) is 6.61 Å². The lowest BCUT2D eigenvalue weighted by molar-refractivity contribution is -0.148. The second-order valence-electron chi connectivity index (χ2n) is 6.40. The predicted octanol–water partition coefficient (Wildman–Crippen LogP) is 3.24. The molecule has 4 heteroatoms. The lowest BCUT2D eigenvalue weighted by Gasteiger charge is -2.10. The third kappa shape index (κ3) is 3.87. The summed E-state index contributed by atoms with van der Waals surface area (Å²) in [6.45, 7) is -0.192. The highest BCUT2D eigenvalue weighted by Gasteiger charge is 2.20. The van der Waals surface area contributed by atoms with E-state index in [1.165, 1.54) is 30.4 Å². The molecule has 1 saturated carbocycles. The molecule has 1 fully saturated rings. The van der Waals surface area contributed by atoms with Gasteiger partial charge in [-0.1, -0.05) is 18.9 Å². The fourth-order valence-corrected chi connectivity index (χ4v) is 3.50. The molecule has 1 amide bonds. The van der Waals surface area contributed by atoms with E-state index in [1.54, 1.807) is 0 Å². The number of amides is 1. The molecule has 4 nitrogen and oxygen atoms in total. The van der Waals surface area contributed by atoms with E-state index in [2.05, 4.69) is 11.4 Å². The molecule has 0 unspecified atom stereocenters. The van der Waals surface area contributed by atoms with Gasteiger partial charge in [0.1, 0.15) is 0 Å². The number of carbonyl (C=O) groups excluding carboxylic acids is 2. The van der Waals surface area contributed by atoms with Crippen LogP contribution in [0.5, 0.6) is 0 Å². The second-order valence-corrected chi connectivity index (χ2v) is 6.40. The number of anilines is 1. The van der Waals surface area contributed by atoms with E-state index in [0.717, 1.165) is 31.4 Å². The Morgan fingerprint density at radius 3 is 2.68 bits per heavy atom. The minimum atomic E-state index is -0.266. The molecule has 0 spiro atoms. The van der Waals surface area contributed by atoms with Crippen molar-refractivity contribution >= 4 is 17.6 Å². The molecular formula is C18H23NO3. The Bertz CT molecular complexity index is 561. The highest BCUT2D eigenvalue weighted by molar-refractivity contribution is 5.92. The highest BCUT2D eigenvalue weighted by Crippen LogP contribution is 2.27. The number of hydrogen-bond donors (Lipinski definition) is 1. The molecule has 1 N–H and O–H groups in total. The summed E-state index contributed by atoms with van der Waals surface area (Å²) in [5.41, 5.74) is 3.48. The summed E-state index contributed by atoms with van der Waals surface area (Å²) in [5.74, 6) is -0.0685. The number of benzene rings is 1. The first-order valence-electron chi connectivity index (χ1n) is 8.28. The first-order chi connectivity index (χ1) is 10.7. The van der Waals surface area contributed by atoms with Crippen LogP contribution >= 0.6 is 0 Å². The largest absolute Gasteiger partial charge is 0.456 e. The fourth-order valence-electron chi connectivity index (χ4n) is 3.50. The topological polar surface area (TPSA) is 55.4 Å². The molecule has 118 valence electrons. The third-order valence-electron chi connectivity index (χ3n) is 4.68. The van der Waals surface area contributed by atoms with Crippen molar-refractivity contribution in [1.29, 1.82) is 0 Å². The summed E-state index contributed by atoms with van der Waals surface area (Å²) in [4.78, 5) is 23.6. The van der Waals surface area contributed by atoms with Crippen LogP contribution in [0.3, 0.4) is 0 Å². The predicted molar refractivity (Wildman–Crippen MR) is 84.6 cm³/mol. The standard InChI is InChI=1S/C18H23NO3/c20-17(12-22-18(21)10-13-4-1-2-5-13)19-16-9-8-14-6-3-7-15(14)11-16/h8-9,11,13H,1-7,10,12H2,(H,19,20). The Labute approximate surface area is 131 Å². The van der Waals surface area contributed by atoms with Crippen LogP contribution in [0.2, 0.25) is 0 Å². The van der Waals surface area contributed by atoms with E-state index in [4.69, 9.17) is 4.74 Å². The second kappa shape index (κ2) is 6.95. The van der Waals surface area contributed by atoms with Crippen molar-refractivity contribution in [1.82, 2.24) is 0 Å². The lowest BCUT2D eigenvalue weighted by atomic mass is 10.0. The molecule has 0 bridgehead atoms. The molecule has 22 heavy (non-hydrogen) atoms. The van der Waals surface area contributed by atoms with E-state index >= 15 is 0 Å². The van der Waals surface area contributed by atoms with Gasteiger partial charge in [0.25, 0.3) is 5.91 Å². The zero-order chi connectivity index (χ0) is 15.4. The molecule has 0 radical (unpaired) electrons. The average molecular weight is 301 g/mol. The lowest BCUT2D eigenvalue weighted by Crippen LogP contribution is -2.21. The SMILES string of the molecule is O=C(COC(=O)CC1CCCC1)Nc1ccc2c(c1)CCC2. The van der Waals surface area contributed by atoms with Gasteiger partial charge in [-0.2, -0.15) is 0 Å². The molecule has 3 rings (SSSR count). The van der Waals surface area contributed by atoms with Crippen LogP contribution in [-0.2, 0) is 27.2 Å². The van der Waals surface area contributed by atoms with E-state index < -0.39 is 0 Å². The van der Waals surface area contributed by atoms with Crippen LogP contribution in [0, 0.1) is 5.92 Å². The molecular weight excluding hydrogens is 278 g/mol. The number of fused-ring (bicyclic) bond motifs is 1. The van der Waals surface area contributed by atoms with Gasteiger partial charge in [-0.05, 0) is 61.3 Å². The summed E-state index contributed by atoms with van der Waals surface area (Å²) in [6, 6.07) is 6.02. The maximum atomic E-state index is 11.9. The Morgan fingerprint density at radius 1 is 1.09 bits per heavy atom. The number of esters is 1. The molecule has 1 aromatic carbocycles. The van der Waals surface area contributed by atoms with Crippen LogP contribution in [0.15, 0.2) is 18.2 Å². The molecule has 0 aliphatic heterocycles. The number of nitrogens with one attached hydrogen (secondary N) is 1. The van der Waals surface area contributed by atoms with Crippen LogP contribution < -0.4 is 5.32 Å². The quantitative estimate of drug-likeness (QED) is 0.849. The van der Waals surface area contributed by atoms with Gasteiger partial charge in [0.05, 0.1) is 0 Å². The smallest absolute Gasteiger partial charge is 0.306 e. The van der Waals surface area contributed by atoms with Gasteiger partial charge in [-0.3, -0.25) is 9.59 Å². The Kier molecular flexibility index (Phi) is 4.76. The first kappa shape index (κ1) is 15.1. The maximum Gasteiger partial charge on any atom is 0.306 e. The monoisotopic (exact) mass is 301 g/mol. The Hall–Kier alpha value is -1.84. The summed E-state index contributed by atoms with van der Waals surface area (Å²) in [6.07, 6.45) is 8.47. The molecule has 1 aromatic rings. The van der Waals surface area contributed by atoms with E-state index in [-0.39, 0.29) is 18.5 Å². The summed E-state index contributed by atoms with van der Waals surface area (Å²) < 4.78 is 5.08. The first-order valence-corrected chi connectivity index (χ1v) is 8.28. The normalized spacial score (nSPS) is 17.3. The number of hydrogen-bond acceptors (Lipinski definition) is 3. The minimum absolute atomic E-state index is 0.192. The third-order valence-corrected chi connectivity index (χ3v) is 4.68. The van der Waals surface area contributed by atoms with Crippen molar-refractivity contribution in [2.24, 2.45) is 5.92 Å². The van der Waals surface area contributed by atoms with Gasteiger partial charge in [-0.15, -0.1) is 0 Å². The molecule has 2 aliphatic carbocycles. The van der Waals surface area contributed by atoms with Crippen LogP contribution in [-0.4, -0.2) is 18.5 Å². The Balaban J connectivity index is 1.43. The van der Waals surface area contributed by atoms with Crippen molar-refractivity contribution in [3.63, 3.8) is 0 Å². The van der Waals surface area contributed by atoms with Crippen molar-refractivity contribution in [3.8, 4) is 0 Å². The van der Waals surface area contributed by atoms with E-state index in [9.17, 15) is 9.59 Å². The Morgan fingerprint density at radius 2 is 1.86 bits per heavy atom. The fraction of sp³-hybridized carbons (Fsp3) is 0.556. The van der Waals surface area contributed by atoms with Crippen molar-refractivity contribution in [3.05, 3.63) is 29.3 Å². The molecule has 0 aromatic heterocycles. The zero-order valence-electron chi connectivity index (χ0n) is 12.9. The van der Waals surface area contributed by atoms with Crippen molar-refractivity contribution < 1.29 is 14.3 Å². The van der Waals surface area contributed by atoms with Crippen LogP contribution in [0.4, 0.5) is 5.69 Å². The average Bonchev–Trinajstić information content (AvgIpc) is 3.15. The highest BCUT2D eigenvalue weighted by atomic mass is 16.5. The number of aryl methyl sites for hydroxylation is 2. The van der Waals surface area contributed by atoms with E-state index in [0.29, 0.717) is 12.3 Å². The van der Waals surface area contributed by atoms with Gasteiger partial charge in [-0.25, -0.2) is 0 Å². The molecule has 0 heterocycles. The van der Waals surface area contributed by atoms with Crippen LogP contribution in [0.1, 0.15) is 49.7 Å². The van der Waals surface area contributed by atoms with E-state index in [1.807, 2.05) is 12.1 Å². The number of ether oxygens (including phenoxy) is 1. The van der Waals surface area contributed by atoms with Gasteiger partial charge in [0, 0.05) is 12.1 Å². The van der Waals surface area contributed by atoms with Gasteiger partial charge >= 0.3 is 5.97 Å². The van der Waals surface area contributed by atoms with Crippen molar-refractivity contribution in [2.45, 2.75) is 51.4 Å². The molecule has 0 saturated heterocycles. The minimum Gasteiger partial charge on any atom is -0.456 e. The van der Waals surface area contributed by atoms with Crippen molar-refractivity contribution in [2.75, 3.05) is 11.9 Å². The van der Waals surface area contributed by atoms with Gasteiger partial charge < -0.3 is 10.1 Å². The summed E-state index contributed by atoms with van der Waals surface area (Å²) >= 11 is 0. The number of carbonyl (C=O) groups is 2. The number of rotatable bonds is 5. The molecule has 2 aliphatic rings. The maximum absolute atomic E-state index is 11.9. The summed E-state index contributed by atoms with van der Waals surface area (Å²) in [7, 11) is 0. The van der Waals surface area contributed by atoms with Crippen LogP contribution in [0.25, 0.3) is 0 Å². The summed E-state index contributed by atoms with van der Waals surface area (Å²) in [5, 5.41) is 2.80. The van der Waals surface area contributed by atoms with Gasteiger partial charge in [0.2, 0.25) is 0 Å². The zero-order valence-corrected chi connectivity index (χ0v) is 12.9. The molecule has 0 atom stereocenters.